The molecule has 5 nitrogen and oxygen atoms in total. The van der Waals surface area contributed by atoms with Gasteiger partial charge in [-0.3, -0.25) is 9.59 Å². The lowest BCUT2D eigenvalue weighted by Gasteiger charge is -2.18. The molecule has 0 aliphatic carbocycles. The topological polar surface area (TPSA) is 61.8 Å². The van der Waals surface area contributed by atoms with Crippen molar-refractivity contribution in [1.29, 1.82) is 0 Å². The minimum absolute atomic E-state index is 0.0597. The van der Waals surface area contributed by atoms with E-state index in [4.69, 9.17) is 14.2 Å². The molecule has 0 N–H and O–H groups in total. The van der Waals surface area contributed by atoms with Crippen LogP contribution in [0.2, 0.25) is 0 Å². The van der Waals surface area contributed by atoms with Crippen molar-refractivity contribution in [3.05, 3.63) is 48.6 Å². The Labute approximate surface area is 335 Å². The van der Waals surface area contributed by atoms with E-state index in [1.165, 1.54) is 135 Å². The van der Waals surface area contributed by atoms with Gasteiger partial charge in [0.1, 0.15) is 6.61 Å². The van der Waals surface area contributed by atoms with Crippen LogP contribution in [0.15, 0.2) is 48.6 Å². The third kappa shape index (κ3) is 42.6. The van der Waals surface area contributed by atoms with Crippen LogP contribution in [0.1, 0.15) is 226 Å². The van der Waals surface area contributed by atoms with Crippen LogP contribution in [0.3, 0.4) is 0 Å². The monoisotopic (exact) mass is 757 g/mol. The van der Waals surface area contributed by atoms with E-state index in [-0.39, 0.29) is 25.2 Å². The van der Waals surface area contributed by atoms with Gasteiger partial charge in [0.15, 0.2) is 6.10 Å². The van der Waals surface area contributed by atoms with E-state index in [2.05, 4.69) is 63.3 Å². The lowest BCUT2D eigenvalue weighted by molar-refractivity contribution is -0.162. The van der Waals surface area contributed by atoms with Crippen LogP contribution < -0.4 is 0 Å². The summed E-state index contributed by atoms with van der Waals surface area (Å²) in [7, 11) is 0. The number of hydrogen-bond acceptors (Lipinski definition) is 5. The van der Waals surface area contributed by atoms with E-state index in [1.54, 1.807) is 0 Å². The largest absolute Gasteiger partial charge is 0.462 e. The van der Waals surface area contributed by atoms with Crippen LogP contribution in [0, 0.1) is 0 Å². The zero-order chi connectivity index (χ0) is 39.3. The molecular formula is C49H88O5. The second kappa shape index (κ2) is 45.3. The van der Waals surface area contributed by atoms with E-state index in [0.717, 1.165) is 51.4 Å². The normalized spacial score (nSPS) is 12.6. The van der Waals surface area contributed by atoms with Gasteiger partial charge in [0, 0.05) is 19.4 Å². The fraction of sp³-hybridized carbons (Fsp3) is 0.796. The summed E-state index contributed by atoms with van der Waals surface area (Å²) in [6.07, 6.45) is 54.3. The van der Waals surface area contributed by atoms with E-state index in [1.807, 2.05) is 6.08 Å². The molecule has 0 spiro atoms. The number of rotatable bonds is 42. The average molecular weight is 757 g/mol. The summed E-state index contributed by atoms with van der Waals surface area (Å²) >= 11 is 0. The highest BCUT2D eigenvalue weighted by Gasteiger charge is 2.17. The molecular weight excluding hydrogens is 669 g/mol. The zero-order valence-corrected chi connectivity index (χ0v) is 36.0. The molecule has 54 heavy (non-hydrogen) atoms. The van der Waals surface area contributed by atoms with Gasteiger partial charge >= 0.3 is 11.9 Å². The van der Waals surface area contributed by atoms with Crippen LogP contribution in [-0.2, 0) is 23.8 Å². The Morgan fingerprint density at radius 3 is 1.30 bits per heavy atom. The Morgan fingerprint density at radius 2 is 0.833 bits per heavy atom. The van der Waals surface area contributed by atoms with E-state index >= 15 is 0 Å². The number of ether oxygens (including phenoxy) is 3. The Hall–Kier alpha value is -2.14. The first-order valence-corrected chi connectivity index (χ1v) is 23.2. The second-order valence-electron chi connectivity index (χ2n) is 15.3. The average Bonchev–Trinajstić information content (AvgIpc) is 3.17. The lowest BCUT2D eigenvalue weighted by atomic mass is 10.0. The number of unbranched alkanes of at least 4 members (excludes halogenated alkanes) is 23. The molecule has 1 atom stereocenters. The minimum atomic E-state index is -0.566. The molecule has 314 valence electrons. The van der Waals surface area contributed by atoms with Gasteiger partial charge in [-0.25, -0.2) is 0 Å². The Balaban J connectivity index is 4.11. The maximum absolute atomic E-state index is 12.6. The van der Waals surface area contributed by atoms with Crippen molar-refractivity contribution in [1.82, 2.24) is 0 Å². The molecule has 0 saturated heterocycles. The van der Waals surface area contributed by atoms with Crippen LogP contribution in [0.25, 0.3) is 0 Å². The fourth-order valence-electron chi connectivity index (χ4n) is 6.46. The van der Waals surface area contributed by atoms with Crippen LogP contribution in [-0.4, -0.2) is 37.9 Å². The van der Waals surface area contributed by atoms with Crippen LogP contribution in [0.4, 0.5) is 0 Å². The Morgan fingerprint density at radius 1 is 0.426 bits per heavy atom. The smallest absolute Gasteiger partial charge is 0.306 e. The van der Waals surface area contributed by atoms with Crippen LogP contribution >= 0.6 is 0 Å². The molecule has 0 amide bonds. The molecule has 0 radical (unpaired) electrons. The number of carbonyl (C=O) groups is 2. The first-order valence-electron chi connectivity index (χ1n) is 23.2. The second-order valence-corrected chi connectivity index (χ2v) is 15.3. The standard InChI is InChI=1S/C49H88O5/c1-4-7-10-13-16-18-20-22-23-24-25-26-27-29-30-32-34-36-39-42-48(50)53-46-47(45-52-44-41-38-15-12-9-6-3)54-49(51)43-40-37-35-33-31-28-21-19-17-14-11-8-5-2/h8,11,17,19,28,31,35,37,47H,4-7,9-10,12-16,18,20-27,29-30,32-34,36,38-46H2,1-3H3/b11-8-,19-17-,31-28-,37-35-. The Kier molecular flexibility index (Phi) is 43.5. The maximum Gasteiger partial charge on any atom is 0.306 e. The molecule has 0 bridgehead atoms. The van der Waals surface area contributed by atoms with E-state index in [0.29, 0.717) is 25.9 Å². The molecule has 0 aromatic heterocycles. The van der Waals surface area contributed by atoms with Crippen molar-refractivity contribution in [2.24, 2.45) is 0 Å². The van der Waals surface area contributed by atoms with Gasteiger partial charge in [-0.05, 0) is 44.9 Å². The summed E-state index contributed by atoms with van der Waals surface area (Å²) in [5, 5.41) is 0. The van der Waals surface area contributed by atoms with E-state index in [9.17, 15) is 9.59 Å². The number of carbonyl (C=O) groups excluding carboxylic acids is 2. The van der Waals surface area contributed by atoms with Crippen molar-refractivity contribution in [2.45, 2.75) is 232 Å². The van der Waals surface area contributed by atoms with Gasteiger partial charge in [-0.15, -0.1) is 0 Å². The summed E-state index contributed by atoms with van der Waals surface area (Å²) < 4.78 is 17.1. The van der Waals surface area contributed by atoms with Crippen molar-refractivity contribution in [2.75, 3.05) is 19.8 Å². The van der Waals surface area contributed by atoms with Crippen LogP contribution in [0.5, 0.6) is 0 Å². The van der Waals surface area contributed by atoms with Crippen molar-refractivity contribution in [3.8, 4) is 0 Å². The molecule has 0 saturated carbocycles. The zero-order valence-electron chi connectivity index (χ0n) is 36.0. The summed E-state index contributed by atoms with van der Waals surface area (Å²) in [4.78, 5) is 25.1. The highest BCUT2D eigenvalue weighted by Crippen LogP contribution is 2.15. The van der Waals surface area contributed by atoms with Crippen molar-refractivity contribution in [3.63, 3.8) is 0 Å². The summed E-state index contributed by atoms with van der Waals surface area (Å²) in [5.74, 6) is -0.487. The maximum atomic E-state index is 12.6. The first-order chi connectivity index (χ1) is 26.6. The predicted molar refractivity (Wildman–Crippen MR) is 233 cm³/mol. The molecule has 1 unspecified atom stereocenters. The van der Waals surface area contributed by atoms with E-state index < -0.39 is 6.10 Å². The highest BCUT2D eigenvalue weighted by molar-refractivity contribution is 5.70. The van der Waals surface area contributed by atoms with Gasteiger partial charge in [-0.1, -0.05) is 217 Å². The van der Waals surface area contributed by atoms with Gasteiger partial charge in [0.05, 0.1) is 6.61 Å². The first kappa shape index (κ1) is 51.9. The molecule has 0 aromatic rings. The van der Waals surface area contributed by atoms with Gasteiger partial charge in [0.25, 0.3) is 0 Å². The van der Waals surface area contributed by atoms with Crippen molar-refractivity contribution >= 4 is 11.9 Å². The van der Waals surface area contributed by atoms with Gasteiger partial charge in [-0.2, -0.15) is 0 Å². The molecule has 0 aliphatic heterocycles. The minimum Gasteiger partial charge on any atom is -0.462 e. The molecule has 0 rings (SSSR count). The molecule has 0 heterocycles. The Bertz CT molecular complexity index is 904. The SMILES string of the molecule is CC/C=C\C/C=C\C/C=C\C/C=C\CCC(=O)OC(COCCCCCCCC)COC(=O)CCCCCCCCCCCCCCCCCCCCC. The third-order valence-corrected chi connectivity index (χ3v) is 9.89. The fourth-order valence-corrected chi connectivity index (χ4v) is 6.46. The van der Waals surface area contributed by atoms with Gasteiger partial charge < -0.3 is 14.2 Å². The molecule has 0 aliphatic rings. The van der Waals surface area contributed by atoms with Gasteiger partial charge in [0.2, 0.25) is 0 Å². The highest BCUT2D eigenvalue weighted by atomic mass is 16.6. The quantitative estimate of drug-likeness (QED) is 0.0353. The van der Waals surface area contributed by atoms with Crippen molar-refractivity contribution < 1.29 is 23.8 Å². The lowest BCUT2D eigenvalue weighted by Crippen LogP contribution is -2.30. The summed E-state index contributed by atoms with van der Waals surface area (Å²) in [5.41, 5.74) is 0. The summed E-state index contributed by atoms with van der Waals surface area (Å²) in [6, 6.07) is 0. The molecule has 0 fully saturated rings. The summed E-state index contributed by atoms with van der Waals surface area (Å²) in [6.45, 7) is 7.61. The third-order valence-electron chi connectivity index (χ3n) is 9.89. The molecule has 0 aromatic carbocycles. The molecule has 5 heteroatoms. The number of allylic oxidation sites excluding steroid dienone is 8. The number of esters is 2. The number of hydrogen-bond donors (Lipinski definition) is 0. The predicted octanol–water partition coefficient (Wildman–Crippen LogP) is 15.2.